The van der Waals surface area contributed by atoms with Crippen LogP contribution in [0.5, 0.6) is 0 Å². The van der Waals surface area contributed by atoms with E-state index in [0.717, 1.165) is 60.1 Å². The normalized spacial score (nSPS) is 12.6. The zero-order valence-electron chi connectivity index (χ0n) is 35.0. The second-order valence-electron chi connectivity index (χ2n) is 17.0. The van der Waals surface area contributed by atoms with Crippen molar-refractivity contribution in [3.63, 3.8) is 0 Å². The Bertz CT molecular complexity index is 2290. The van der Waals surface area contributed by atoms with E-state index in [1.54, 1.807) is 11.3 Å². The Kier molecular flexibility index (Phi) is 14.2. The van der Waals surface area contributed by atoms with Crippen molar-refractivity contribution in [3.8, 4) is 21.9 Å². The minimum absolute atomic E-state index is 0. The maximum Gasteiger partial charge on any atom is 0.164 e. The van der Waals surface area contributed by atoms with Crippen LogP contribution in [-0.4, -0.2) is 15.9 Å². The third-order valence-electron chi connectivity index (χ3n) is 11.7. The van der Waals surface area contributed by atoms with Gasteiger partial charge in [-0.2, -0.15) is 0 Å². The van der Waals surface area contributed by atoms with Gasteiger partial charge in [0.2, 0.25) is 0 Å². The summed E-state index contributed by atoms with van der Waals surface area (Å²) in [5, 5.41) is 14.9. The van der Waals surface area contributed by atoms with Crippen LogP contribution in [0.3, 0.4) is 0 Å². The number of carbonyl (C=O) groups is 1. The molecule has 6 aromatic rings. The number of aryl methyl sites for hydroxylation is 1. The number of ketones is 1. The molecule has 4 nitrogen and oxygen atoms in total. The van der Waals surface area contributed by atoms with Crippen LogP contribution in [0.2, 0.25) is 0 Å². The van der Waals surface area contributed by atoms with Gasteiger partial charge in [0.05, 0.1) is 4.88 Å². The van der Waals surface area contributed by atoms with Gasteiger partial charge in [0.25, 0.3) is 0 Å². The maximum atomic E-state index is 12.2. The van der Waals surface area contributed by atoms with Crippen LogP contribution in [0.1, 0.15) is 119 Å². The first-order chi connectivity index (χ1) is 25.5. The number of hydrogen-bond acceptors (Lipinski definition) is 5. The number of benzene rings is 3. The van der Waals surface area contributed by atoms with Crippen LogP contribution in [0.15, 0.2) is 83.1 Å². The number of rotatable bonds is 11. The molecule has 0 spiro atoms. The van der Waals surface area contributed by atoms with E-state index >= 15 is 0 Å². The van der Waals surface area contributed by atoms with E-state index < -0.39 is 0 Å². The Balaban J connectivity index is 0.000000320. The van der Waals surface area contributed by atoms with Crippen molar-refractivity contribution >= 4 is 48.9 Å². The van der Waals surface area contributed by atoms with E-state index in [9.17, 15) is 9.90 Å². The number of thiophene rings is 1. The molecule has 0 amide bonds. The van der Waals surface area contributed by atoms with Crippen molar-refractivity contribution in [1.29, 1.82) is 0 Å². The minimum atomic E-state index is -0.337. The standard InChI is InChI=1S/C34H32NOS.C15H28O2.Ir/c1-20(2)15-22-11-12-28-24(16-22)19-29(36-28)33-21(3)31-30(37-33)13-14-35-32(31)25-17-23-9-7-8-10-26(23)27(18-25)34(4,5)6;1-7-14(5,8-2)12(16)11-13(17)15(6,9-3)10-4;/h7-14,16,18-20H,15H2,1-6H3;11,16H,7-10H2,1-6H3;/q-1;;/b;12-11-;. The summed E-state index contributed by atoms with van der Waals surface area (Å²) in [6, 6.07) is 25.4. The zero-order chi connectivity index (χ0) is 39.6. The molecule has 0 bridgehead atoms. The van der Waals surface area contributed by atoms with E-state index in [1.165, 1.54) is 48.5 Å². The molecule has 0 aliphatic carbocycles. The number of carbonyl (C=O) groups excluding carboxylic acids is 1. The quantitative estimate of drug-likeness (QED) is 0.0799. The van der Waals surface area contributed by atoms with Gasteiger partial charge >= 0.3 is 0 Å². The molecule has 0 atom stereocenters. The molecule has 1 N–H and O–H groups in total. The van der Waals surface area contributed by atoms with Crippen molar-refractivity contribution in [2.75, 3.05) is 0 Å². The summed E-state index contributed by atoms with van der Waals surface area (Å²) in [5.74, 6) is 1.85. The fourth-order valence-corrected chi connectivity index (χ4v) is 8.25. The molecule has 0 saturated heterocycles. The van der Waals surface area contributed by atoms with E-state index in [1.807, 2.05) is 47.7 Å². The number of fused-ring (bicyclic) bond motifs is 3. The molecule has 3 aromatic heterocycles. The van der Waals surface area contributed by atoms with Gasteiger partial charge in [-0.15, -0.1) is 40.5 Å². The van der Waals surface area contributed by atoms with Gasteiger partial charge < -0.3 is 9.52 Å². The van der Waals surface area contributed by atoms with Gasteiger partial charge in [0, 0.05) is 59.0 Å². The van der Waals surface area contributed by atoms with Crippen LogP contribution in [0, 0.1) is 29.7 Å². The molecule has 3 heterocycles. The van der Waals surface area contributed by atoms with Gasteiger partial charge in [0.15, 0.2) is 5.78 Å². The van der Waals surface area contributed by atoms with E-state index in [4.69, 9.17) is 9.40 Å². The average Bonchev–Trinajstić information content (AvgIpc) is 3.73. The summed E-state index contributed by atoms with van der Waals surface area (Å²) in [6.45, 7) is 25.6. The first kappa shape index (κ1) is 44.1. The van der Waals surface area contributed by atoms with Gasteiger partial charge in [-0.25, -0.2) is 0 Å². The molecule has 6 heteroatoms. The van der Waals surface area contributed by atoms with Gasteiger partial charge in [-0.1, -0.05) is 111 Å². The largest absolute Gasteiger partial charge is 0.512 e. The molecular weight excluding hydrogens is 875 g/mol. The van der Waals surface area contributed by atoms with Crippen molar-refractivity contribution in [2.24, 2.45) is 16.7 Å². The summed E-state index contributed by atoms with van der Waals surface area (Å²) >= 11 is 1.78. The minimum Gasteiger partial charge on any atom is -0.512 e. The molecule has 0 unspecified atom stereocenters. The number of pyridine rings is 1. The van der Waals surface area contributed by atoms with Crippen molar-refractivity contribution in [1.82, 2.24) is 4.98 Å². The number of furan rings is 1. The molecule has 0 fully saturated rings. The van der Waals surface area contributed by atoms with Crippen molar-refractivity contribution in [3.05, 3.63) is 101 Å². The molecule has 0 aliphatic rings. The molecular formula is C49H60IrNO3S-. The average molecular weight is 935 g/mol. The van der Waals surface area contributed by atoms with Gasteiger partial charge in [-0.05, 0) is 91.1 Å². The first-order valence-electron chi connectivity index (χ1n) is 19.8. The molecule has 295 valence electrons. The number of aromatic nitrogens is 1. The Labute approximate surface area is 347 Å². The molecule has 3 aromatic carbocycles. The fraction of sp³-hybridized carbons (Fsp3) is 0.429. The summed E-state index contributed by atoms with van der Waals surface area (Å²) in [4.78, 5) is 18.3. The predicted molar refractivity (Wildman–Crippen MR) is 232 cm³/mol. The number of allylic oxidation sites excluding steroid dienone is 2. The van der Waals surface area contributed by atoms with Gasteiger partial charge in [0.1, 0.15) is 17.1 Å². The van der Waals surface area contributed by atoms with Crippen LogP contribution in [0.25, 0.3) is 53.7 Å². The third-order valence-corrected chi connectivity index (χ3v) is 13.0. The maximum absolute atomic E-state index is 12.2. The van der Waals surface area contributed by atoms with Crippen LogP contribution < -0.4 is 0 Å². The summed E-state index contributed by atoms with van der Waals surface area (Å²) in [6.07, 6.45) is 7.75. The molecule has 6 rings (SSSR count). The molecule has 55 heavy (non-hydrogen) atoms. The Morgan fingerprint density at radius 1 is 0.909 bits per heavy atom. The van der Waals surface area contributed by atoms with Crippen molar-refractivity contribution in [2.45, 2.75) is 121 Å². The first-order valence-corrected chi connectivity index (χ1v) is 20.6. The number of aliphatic hydroxyl groups excluding tert-OH is 1. The molecule has 0 saturated carbocycles. The second kappa shape index (κ2) is 17.7. The summed E-state index contributed by atoms with van der Waals surface area (Å²) in [5.41, 5.74) is 6.27. The number of hydrogen-bond donors (Lipinski definition) is 1. The smallest absolute Gasteiger partial charge is 0.164 e. The third kappa shape index (κ3) is 9.36. The topological polar surface area (TPSA) is 63.3 Å². The molecule has 1 radical (unpaired) electrons. The molecule has 0 aliphatic heterocycles. The van der Waals surface area contributed by atoms with E-state index in [0.29, 0.717) is 5.92 Å². The van der Waals surface area contributed by atoms with E-state index in [-0.39, 0.29) is 47.9 Å². The van der Waals surface area contributed by atoms with E-state index in [2.05, 4.69) is 108 Å². The van der Waals surface area contributed by atoms with Crippen LogP contribution in [-0.2, 0) is 36.7 Å². The zero-order valence-corrected chi connectivity index (χ0v) is 38.2. The number of aliphatic hydroxyl groups is 1. The Morgan fingerprint density at radius 2 is 1.56 bits per heavy atom. The second-order valence-corrected chi connectivity index (χ2v) is 18.0. The summed E-state index contributed by atoms with van der Waals surface area (Å²) < 4.78 is 7.59. The van der Waals surface area contributed by atoms with Crippen LogP contribution >= 0.6 is 11.3 Å². The number of nitrogens with zero attached hydrogens (tertiary/aromatic N) is 1. The Morgan fingerprint density at radius 3 is 2.18 bits per heavy atom. The predicted octanol–water partition coefficient (Wildman–Crippen LogP) is 14.8. The van der Waals surface area contributed by atoms with Gasteiger partial charge in [-0.3, -0.25) is 9.78 Å². The fourth-order valence-electron chi connectivity index (χ4n) is 7.10. The van der Waals surface area contributed by atoms with Crippen molar-refractivity contribution < 1.29 is 34.4 Å². The van der Waals surface area contributed by atoms with Crippen LogP contribution in [0.4, 0.5) is 0 Å². The summed E-state index contributed by atoms with van der Waals surface area (Å²) in [7, 11) is 0. The monoisotopic (exact) mass is 935 g/mol. The SMILES string of the molecule is CCC(C)(CC)C(=O)/C=C(\O)C(C)(CC)CC.Cc1c(-c2cc3cc(CC(C)C)ccc3o2)sc2ccnc(-c3[c-]c4ccccc4c(C(C)(C)C)c3)c12.[Ir]. The Hall–Kier alpha value is -3.57.